The lowest BCUT2D eigenvalue weighted by Gasteiger charge is -2.71. The molecule has 2 aromatic rings. The second-order valence-corrected chi connectivity index (χ2v) is 8.75. The van der Waals surface area contributed by atoms with Crippen molar-refractivity contribution in [2.45, 2.75) is 37.1 Å². The Morgan fingerprint density at radius 1 is 1.25 bits per heavy atom. The first kappa shape index (κ1) is 22.0. The Balaban J connectivity index is 1.40. The van der Waals surface area contributed by atoms with E-state index in [0.29, 0.717) is 36.9 Å². The van der Waals surface area contributed by atoms with Crippen LogP contribution in [0.25, 0.3) is 0 Å². The van der Waals surface area contributed by atoms with Crippen LogP contribution in [-0.4, -0.2) is 41.4 Å². The van der Waals surface area contributed by atoms with Gasteiger partial charge in [-0.2, -0.15) is 0 Å². The summed E-state index contributed by atoms with van der Waals surface area (Å²) in [6.45, 7) is 2.01. The van der Waals surface area contributed by atoms with Crippen molar-refractivity contribution in [3.8, 4) is 5.75 Å². The van der Waals surface area contributed by atoms with Gasteiger partial charge in [-0.25, -0.2) is 9.37 Å². The van der Waals surface area contributed by atoms with Crippen molar-refractivity contribution in [3.63, 3.8) is 0 Å². The number of pyridine rings is 1. The van der Waals surface area contributed by atoms with Crippen molar-refractivity contribution >= 4 is 29.3 Å². The summed E-state index contributed by atoms with van der Waals surface area (Å²) in [7, 11) is 0. The monoisotopic (exact) mass is 460 g/mol. The topological polar surface area (TPSA) is 123 Å². The molecule has 168 valence electrons. The number of rotatable bonds is 8. The van der Waals surface area contributed by atoms with E-state index in [1.807, 2.05) is 6.92 Å². The Morgan fingerprint density at radius 2 is 1.97 bits per heavy atom. The molecule has 3 aliphatic carbocycles. The maximum atomic E-state index is 13.5. The van der Waals surface area contributed by atoms with Crippen LogP contribution < -0.4 is 21.1 Å². The molecule has 1 aromatic carbocycles. The molecule has 2 bridgehead atoms. The molecule has 1 heterocycles. The molecule has 0 spiro atoms. The van der Waals surface area contributed by atoms with Crippen LogP contribution in [0.1, 0.15) is 52.6 Å². The number of carbonyl (C=O) groups excluding carboxylic acids is 3. The molecule has 3 amide bonds. The third-order valence-corrected chi connectivity index (χ3v) is 6.29. The summed E-state index contributed by atoms with van der Waals surface area (Å²) < 4.78 is 18.8. The highest BCUT2D eigenvalue weighted by Crippen LogP contribution is 2.68. The molecule has 0 unspecified atom stereocenters. The van der Waals surface area contributed by atoms with Crippen molar-refractivity contribution in [2.75, 3.05) is 13.2 Å². The number of carbonyl (C=O) groups is 3. The number of hydrogen-bond acceptors (Lipinski definition) is 5. The quantitative estimate of drug-likeness (QED) is 0.556. The number of primary amides is 1. The molecule has 3 saturated carbocycles. The molecule has 10 heteroatoms. The summed E-state index contributed by atoms with van der Waals surface area (Å²) in [6, 6.07) is 5.62. The summed E-state index contributed by atoms with van der Waals surface area (Å²) in [5.74, 6) is -1.69. The summed E-state index contributed by atoms with van der Waals surface area (Å²) in [4.78, 5) is 40.6. The van der Waals surface area contributed by atoms with E-state index >= 15 is 0 Å². The van der Waals surface area contributed by atoms with Crippen molar-refractivity contribution in [2.24, 2.45) is 5.73 Å². The average molecular weight is 461 g/mol. The zero-order valence-corrected chi connectivity index (χ0v) is 18.1. The number of ether oxygens (including phenoxy) is 1. The van der Waals surface area contributed by atoms with E-state index in [-0.39, 0.29) is 40.3 Å². The Bertz CT molecular complexity index is 1100. The first-order chi connectivity index (χ1) is 15.2. The van der Waals surface area contributed by atoms with E-state index in [1.165, 1.54) is 18.3 Å². The fourth-order valence-electron chi connectivity index (χ4n) is 4.71. The molecule has 3 fully saturated rings. The number of benzene rings is 1. The van der Waals surface area contributed by atoms with E-state index in [0.717, 1.165) is 6.07 Å². The minimum Gasteiger partial charge on any atom is -0.484 e. The number of nitrogens with one attached hydrogen (secondary N) is 2. The third-order valence-electron chi connectivity index (χ3n) is 5.99. The molecule has 8 nitrogen and oxygen atoms in total. The Morgan fingerprint density at radius 3 is 2.59 bits per heavy atom. The molecule has 4 N–H and O–H groups in total. The van der Waals surface area contributed by atoms with Crippen molar-refractivity contribution in [3.05, 3.63) is 58.1 Å². The van der Waals surface area contributed by atoms with Gasteiger partial charge in [0.2, 0.25) is 0 Å². The fourth-order valence-corrected chi connectivity index (χ4v) is 4.82. The van der Waals surface area contributed by atoms with Crippen LogP contribution in [-0.2, 0) is 10.2 Å². The van der Waals surface area contributed by atoms with Crippen LogP contribution in [0.2, 0.25) is 5.02 Å². The maximum Gasteiger partial charge on any atom is 0.267 e. The van der Waals surface area contributed by atoms with Gasteiger partial charge in [-0.1, -0.05) is 11.6 Å². The Hall–Kier alpha value is -3.20. The van der Waals surface area contributed by atoms with Crippen LogP contribution >= 0.6 is 11.6 Å². The molecule has 32 heavy (non-hydrogen) atoms. The second kappa shape index (κ2) is 8.05. The van der Waals surface area contributed by atoms with Gasteiger partial charge in [-0.15, -0.1) is 0 Å². The van der Waals surface area contributed by atoms with Crippen molar-refractivity contribution in [1.82, 2.24) is 15.6 Å². The van der Waals surface area contributed by atoms with Gasteiger partial charge in [-0.3, -0.25) is 14.4 Å². The SMILES string of the molecule is CCNC(=O)c1cnc(C(N)=O)c(C23CC(NC(=O)COc4ccc(Cl)c(F)c4)(C2)C3)c1. The molecule has 0 saturated heterocycles. The van der Waals surface area contributed by atoms with Gasteiger partial charge in [-0.05, 0) is 49.9 Å². The predicted molar refractivity (Wildman–Crippen MR) is 114 cm³/mol. The largest absolute Gasteiger partial charge is 0.484 e. The number of nitrogens with two attached hydrogens (primary N) is 1. The highest BCUT2D eigenvalue weighted by molar-refractivity contribution is 6.30. The maximum absolute atomic E-state index is 13.5. The summed E-state index contributed by atoms with van der Waals surface area (Å²) in [6.07, 6.45) is 3.14. The third kappa shape index (κ3) is 3.88. The van der Waals surface area contributed by atoms with Gasteiger partial charge in [0.25, 0.3) is 17.7 Å². The lowest BCUT2D eigenvalue weighted by atomic mass is 9.37. The van der Waals surface area contributed by atoms with Gasteiger partial charge in [0.05, 0.1) is 10.6 Å². The van der Waals surface area contributed by atoms with Crippen LogP contribution in [0.5, 0.6) is 5.75 Å². The molecule has 0 atom stereocenters. The van der Waals surface area contributed by atoms with Gasteiger partial charge in [0.15, 0.2) is 6.61 Å². The first-order valence-electron chi connectivity index (χ1n) is 10.1. The van der Waals surface area contributed by atoms with Gasteiger partial charge >= 0.3 is 0 Å². The second-order valence-electron chi connectivity index (χ2n) is 8.35. The average Bonchev–Trinajstić information content (AvgIpc) is 2.70. The normalized spacial score (nSPS) is 22.8. The van der Waals surface area contributed by atoms with Crippen LogP contribution in [0, 0.1) is 5.82 Å². The van der Waals surface area contributed by atoms with Gasteiger partial charge < -0.3 is 21.1 Å². The van der Waals surface area contributed by atoms with E-state index in [9.17, 15) is 18.8 Å². The molecular formula is C22H22ClFN4O4. The lowest BCUT2D eigenvalue weighted by Crippen LogP contribution is -2.77. The lowest BCUT2D eigenvalue weighted by molar-refractivity contribution is -0.140. The van der Waals surface area contributed by atoms with Gasteiger partial charge in [0, 0.05) is 29.8 Å². The molecule has 5 rings (SSSR count). The molecule has 3 aliphatic rings. The predicted octanol–water partition coefficient (Wildman–Crippen LogP) is 2.09. The Kier molecular flexibility index (Phi) is 5.54. The van der Waals surface area contributed by atoms with E-state index in [2.05, 4.69) is 15.6 Å². The number of aromatic nitrogens is 1. The summed E-state index contributed by atoms with van der Waals surface area (Å²) in [5.41, 5.74) is 5.88. The fraction of sp³-hybridized carbons (Fsp3) is 0.364. The van der Waals surface area contributed by atoms with Crippen LogP contribution in [0.3, 0.4) is 0 Å². The minimum atomic E-state index is -0.658. The number of hydrogen-bond donors (Lipinski definition) is 3. The standard InChI is InChI=1S/C22H22ClFN4O4/c1-2-26-20(31)12-5-14(18(19(25)30)27-7-12)21-9-22(10-21,11-21)28-17(29)8-32-13-3-4-15(23)16(24)6-13/h3-7H,2,8-11H2,1H3,(H2,25,30)(H,26,31)(H,28,29). The first-order valence-corrected chi connectivity index (χ1v) is 10.5. The van der Waals surface area contributed by atoms with Crippen LogP contribution in [0.4, 0.5) is 4.39 Å². The van der Waals surface area contributed by atoms with Crippen molar-refractivity contribution in [1.29, 1.82) is 0 Å². The highest BCUT2D eigenvalue weighted by atomic mass is 35.5. The number of nitrogens with zero attached hydrogens (tertiary/aromatic N) is 1. The zero-order chi connectivity index (χ0) is 23.1. The van der Waals surface area contributed by atoms with E-state index in [1.54, 1.807) is 6.07 Å². The molecular weight excluding hydrogens is 439 g/mol. The summed E-state index contributed by atoms with van der Waals surface area (Å²) >= 11 is 5.63. The number of halogens is 2. The van der Waals surface area contributed by atoms with Gasteiger partial charge in [0.1, 0.15) is 17.3 Å². The molecule has 0 aliphatic heterocycles. The Labute approximate surface area is 188 Å². The zero-order valence-electron chi connectivity index (χ0n) is 17.3. The van der Waals surface area contributed by atoms with E-state index in [4.69, 9.17) is 22.1 Å². The summed E-state index contributed by atoms with van der Waals surface area (Å²) in [5, 5.41) is 5.64. The van der Waals surface area contributed by atoms with Crippen molar-refractivity contribution < 1.29 is 23.5 Å². The number of amides is 3. The molecule has 1 aromatic heterocycles. The van der Waals surface area contributed by atoms with E-state index < -0.39 is 17.3 Å². The molecule has 0 radical (unpaired) electrons. The smallest absolute Gasteiger partial charge is 0.267 e. The highest BCUT2D eigenvalue weighted by Gasteiger charge is 2.69. The minimum absolute atomic E-state index is 0.0259. The van der Waals surface area contributed by atoms with Crippen LogP contribution in [0.15, 0.2) is 30.5 Å².